The van der Waals surface area contributed by atoms with Gasteiger partial charge in [-0.15, -0.1) is 0 Å². The fourth-order valence-corrected chi connectivity index (χ4v) is 2.58. The van der Waals surface area contributed by atoms with Gasteiger partial charge >= 0.3 is 0 Å². The average Bonchev–Trinajstić information content (AvgIpc) is 2.32. The molecule has 0 spiro atoms. The molecule has 1 N–H and O–H groups in total. The number of piperazine rings is 1. The average molecular weight is 344 g/mol. The molecule has 2 rings (SSSR count). The summed E-state index contributed by atoms with van der Waals surface area (Å²) < 4.78 is 1.25. The summed E-state index contributed by atoms with van der Waals surface area (Å²) in [5.41, 5.74) is 1.28. The molecule has 0 aliphatic carbocycles. The number of benzene rings is 1. The van der Waals surface area contributed by atoms with E-state index in [-0.39, 0.29) is 11.9 Å². The summed E-state index contributed by atoms with van der Waals surface area (Å²) in [4.78, 5) is 14.0. The number of hydrogen-bond acceptors (Lipinski definition) is 2. The highest BCUT2D eigenvalue weighted by Crippen LogP contribution is 2.14. The van der Waals surface area contributed by atoms with Crippen LogP contribution in [0.3, 0.4) is 0 Å². The number of nitrogens with zero attached hydrogens (tertiary/aromatic N) is 1. The Hall–Kier alpha value is -0.620. The van der Waals surface area contributed by atoms with Crippen molar-refractivity contribution in [2.75, 3.05) is 13.1 Å². The maximum Gasteiger partial charge on any atom is 0.237 e. The zero-order valence-corrected chi connectivity index (χ0v) is 12.1. The summed E-state index contributed by atoms with van der Waals surface area (Å²) in [6, 6.07) is 8.53. The lowest BCUT2D eigenvalue weighted by Crippen LogP contribution is -2.54. The smallest absolute Gasteiger partial charge is 0.237 e. The highest BCUT2D eigenvalue weighted by atomic mass is 127. The van der Waals surface area contributed by atoms with Crippen molar-refractivity contribution in [2.45, 2.75) is 25.9 Å². The Balaban J connectivity index is 2.06. The van der Waals surface area contributed by atoms with Crippen LogP contribution >= 0.6 is 22.6 Å². The molecule has 1 unspecified atom stereocenters. The second kappa shape index (κ2) is 5.82. The summed E-state index contributed by atoms with van der Waals surface area (Å²) in [5, 5.41) is 2.93. The van der Waals surface area contributed by atoms with E-state index in [1.165, 1.54) is 9.13 Å². The van der Waals surface area contributed by atoms with E-state index in [0.29, 0.717) is 0 Å². The van der Waals surface area contributed by atoms with Crippen LogP contribution in [-0.2, 0) is 11.3 Å². The van der Waals surface area contributed by atoms with Crippen molar-refractivity contribution in [3.05, 3.63) is 33.4 Å². The lowest BCUT2D eigenvalue weighted by Gasteiger charge is -2.34. The Morgan fingerprint density at radius 3 is 2.76 bits per heavy atom. The topological polar surface area (TPSA) is 32.3 Å². The van der Waals surface area contributed by atoms with Crippen LogP contribution in [0.15, 0.2) is 24.3 Å². The Morgan fingerprint density at radius 1 is 1.41 bits per heavy atom. The lowest BCUT2D eigenvalue weighted by molar-refractivity contribution is -0.129. The van der Waals surface area contributed by atoms with Gasteiger partial charge in [0.05, 0.1) is 6.04 Å². The molecule has 1 aliphatic rings. The number of amides is 1. The van der Waals surface area contributed by atoms with Gasteiger partial charge in [-0.05, 0) is 46.7 Å². The first-order valence-electron chi connectivity index (χ1n) is 5.97. The maximum absolute atomic E-state index is 11.7. The second-order valence-electron chi connectivity index (χ2n) is 4.31. The number of carbonyl (C=O) groups excluding carboxylic acids is 1. The van der Waals surface area contributed by atoms with Crippen LogP contribution in [0.4, 0.5) is 0 Å². The summed E-state index contributed by atoms with van der Waals surface area (Å²) in [6.45, 7) is 4.63. The molecule has 1 atom stereocenters. The van der Waals surface area contributed by atoms with Gasteiger partial charge in [0.2, 0.25) is 5.91 Å². The van der Waals surface area contributed by atoms with Gasteiger partial charge in [0.15, 0.2) is 0 Å². The van der Waals surface area contributed by atoms with Gasteiger partial charge in [-0.1, -0.05) is 19.1 Å². The van der Waals surface area contributed by atoms with Gasteiger partial charge in [0.25, 0.3) is 0 Å². The molecule has 1 aliphatic heterocycles. The van der Waals surface area contributed by atoms with E-state index in [0.717, 1.165) is 26.1 Å². The normalized spacial score (nSPS) is 21.3. The van der Waals surface area contributed by atoms with E-state index in [4.69, 9.17) is 0 Å². The maximum atomic E-state index is 11.7. The van der Waals surface area contributed by atoms with Crippen LogP contribution in [0.5, 0.6) is 0 Å². The molecule has 1 aromatic rings. The third-order valence-corrected chi connectivity index (χ3v) is 3.85. The standard InChI is InChI=1S/C13H17IN2O/c1-2-12-13(17)15-7-8-16(12)9-10-3-5-11(14)6-4-10/h3-6,12H,2,7-9H2,1H3,(H,15,17). The van der Waals surface area contributed by atoms with Crippen molar-refractivity contribution in [1.82, 2.24) is 10.2 Å². The van der Waals surface area contributed by atoms with Crippen LogP contribution in [0, 0.1) is 3.57 Å². The predicted molar refractivity (Wildman–Crippen MR) is 76.7 cm³/mol. The summed E-state index contributed by atoms with van der Waals surface area (Å²) in [7, 11) is 0. The second-order valence-corrected chi connectivity index (χ2v) is 5.56. The highest BCUT2D eigenvalue weighted by molar-refractivity contribution is 14.1. The Bertz CT molecular complexity index is 391. The first-order chi connectivity index (χ1) is 8.20. The van der Waals surface area contributed by atoms with E-state index in [9.17, 15) is 4.79 Å². The predicted octanol–water partition coefficient (Wildman–Crippen LogP) is 2.00. The molecule has 0 bridgehead atoms. The molecule has 3 nitrogen and oxygen atoms in total. The first kappa shape index (κ1) is 12.8. The number of halogens is 1. The third-order valence-electron chi connectivity index (χ3n) is 3.13. The summed E-state index contributed by atoms with van der Waals surface area (Å²) in [6.07, 6.45) is 0.871. The first-order valence-corrected chi connectivity index (χ1v) is 7.05. The highest BCUT2D eigenvalue weighted by Gasteiger charge is 2.27. The largest absolute Gasteiger partial charge is 0.353 e. The Morgan fingerprint density at radius 2 is 2.12 bits per heavy atom. The SMILES string of the molecule is CCC1C(=O)NCCN1Cc1ccc(I)cc1. The molecule has 92 valence electrons. The number of carbonyl (C=O) groups is 1. The number of hydrogen-bond donors (Lipinski definition) is 1. The third kappa shape index (κ3) is 3.19. The van der Waals surface area contributed by atoms with Crippen molar-refractivity contribution in [2.24, 2.45) is 0 Å². The molecule has 17 heavy (non-hydrogen) atoms. The molecule has 1 heterocycles. The van der Waals surface area contributed by atoms with Gasteiger partial charge in [-0.2, -0.15) is 0 Å². The van der Waals surface area contributed by atoms with E-state index >= 15 is 0 Å². The molecule has 1 aromatic carbocycles. The van der Waals surface area contributed by atoms with Crippen molar-refractivity contribution in [3.63, 3.8) is 0 Å². The van der Waals surface area contributed by atoms with Crippen molar-refractivity contribution >= 4 is 28.5 Å². The molecular formula is C13H17IN2O. The quantitative estimate of drug-likeness (QED) is 0.851. The Labute approximate surface area is 116 Å². The molecule has 1 amide bonds. The van der Waals surface area contributed by atoms with E-state index < -0.39 is 0 Å². The van der Waals surface area contributed by atoms with Crippen molar-refractivity contribution in [3.8, 4) is 0 Å². The van der Waals surface area contributed by atoms with Gasteiger partial charge < -0.3 is 5.32 Å². The molecule has 4 heteroatoms. The monoisotopic (exact) mass is 344 g/mol. The van der Waals surface area contributed by atoms with Gasteiger partial charge in [-0.25, -0.2) is 0 Å². The Kier molecular flexibility index (Phi) is 4.39. The fraction of sp³-hybridized carbons (Fsp3) is 0.462. The van der Waals surface area contributed by atoms with Crippen molar-refractivity contribution in [1.29, 1.82) is 0 Å². The van der Waals surface area contributed by atoms with Crippen LogP contribution in [0.2, 0.25) is 0 Å². The number of rotatable bonds is 3. The van der Waals surface area contributed by atoms with Gasteiger partial charge in [0.1, 0.15) is 0 Å². The van der Waals surface area contributed by atoms with E-state index in [1.54, 1.807) is 0 Å². The minimum absolute atomic E-state index is 0.0306. The van der Waals surface area contributed by atoms with Crippen molar-refractivity contribution < 1.29 is 4.79 Å². The summed E-state index contributed by atoms with van der Waals surface area (Å²) >= 11 is 2.30. The minimum Gasteiger partial charge on any atom is -0.353 e. The minimum atomic E-state index is 0.0306. The van der Waals surface area contributed by atoms with Gasteiger partial charge in [0, 0.05) is 23.2 Å². The zero-order valence-electron chi connectivity index (χ0n) is 9.95. The van der Waals surface area contributed by atoms with Crippen LogP contribution < -0.4 is 5.32 Å². The van der Waals surface area contributed by atoms with Crippen LogP contribution in [0.25, 0.3) is 0 Å². The molecule has 1 fully saturated rings. The van der Waals surface area contributed by atoms with Crippen LogP contribution in [-0.4, -0.2) is 29.9 Å². The lowest BCUT2D eigenvalue weighted by atomic mass is 10.1. The molecule has 0 aromatic heterocycles. The van der Waals surface area contributed by atoms with Crippen LogP contribution in [0.1, 0.15) is 18.9 Å². The fourth-order valence-electron chi connectivity index (χ4n) is 2.22. The zero-order chi connectivity index (χ0) is 12.3. The van der Waals surface area contributed by atoms with Gasteiger partial charge in [-0.3, -0.25) is 9.69 Å². The molecule has 0 saturated carbocycles. The van der Waals surface area contributed by atoms with E-state index in [2.05, 4.69) is 64.0 Å². The van der Waals surface area contributed by atoms with E-state index in [1.807, 2.05) is 0 Å². The molecular weight excluding hydrogens is 327 g/mol. The molecule has 1 saturated heterocycles. The summed E-state index contributed by atoms with van der Waals surface area (Å²) in [5.74, 6) is 0.171. The molecule has 0 radical (unpaired) electrons. The number of nitrogens with one attached hydrogen (secondary N) is 1.